The highest BCUT2D eigenvalue weighted by molar-refractivity contribution is 6.06. The van der Waals surface area contributed by atoms with Crippen molar-refractivity contribution in [3.63, 3.8) is 0 Å². The lowest BCUT2D eigenvalue weighted by molar-refractivity contribution is -0.168. The van der Waals surface area contributed by atoms with Gasteiger partial charge < -0.3 is 24.1 Å². The van der Waals surface area contributed by atoms with Crippen LogP contribution in [0.15, 0.2) is 12.1 Å². The molecule has 1 heterocycles. The SMILES string of the molecule is CCOC(=O)C1(C(=O)OCC)N[C@H](CO)Cc2cc(OC)c(OC)cc21. The summed E-state index contributed by atoms with van der Waals surface area (Å²) in [7, 11) is 2.96. The minimum Gasteiger partial charge on any atom is -0.493 e. The maximum atomic E-state index is 12.9. The van der Waals surface area contributed by atoms with Crippen molar-refractivity contribution in [1.29, 1.82) is 0 Å². The van der Waals surface area contributed by atoms with Crippen molar-refractivity contribution in [2.24, 2.45) is 0 Å². The molecule has 1 aliphatic heterocycles. The molecule has 0 radical (unpaired) electrons. The zero-order valence-electron chi connectivity index (χ0n) is 15.5. The Morgan fingerprint density at radius 2 is 1.65 bits per heavy atom. The van der Waals surface area contributed by atoms with Gasteiger partial charge in [0.2, 0.25) is 5.54 Å². The number of carbonyl (C=O) groups is 2. The molecular weight excluding hydrogens is 342 g/mol. The Hall–Kier alpha value is -2.32. The summed E-state index contributed by atoms with van der Waals surface area (Å²) in [5.41, 5.74) is -0.842. The number of methoxy groups -OCH3 is 2. The second-order valence-electron chi connectivity index (χ2n) is 5.78. The number of hydrogen-bond donors (Lipinski definition) is 2. The van der Waals surface area contributed by atoms with Crippen LogP contribution in [0.25, 0.3) is 0 Å². The summed E-state index contributed by atoms with van der Waals surface area (Å²) in [5, 5.41) is 12.6. The van der Waals surface area contributed by atoms with Crippen LogP contribution >= 0.6 is 0 Å². The van der Waals surface area contributed by atoms with Crippen molar-refractivity contribution in [3.05, 3.63) is 23.3 Å². The molecule has 26 heavy (non-hydrogen) atoms. The van der Waals surface area contributed by atoms with Crippen molar-refractivity contribution in [2.75, 3.05) is 34.0 Å². The summed E-state index contributed by atoms with van der Waals surface area (Å²) in [4.78, 5) is 25.8. The van der Waals surface area contributed by atoms with Gasteiger partial charge in [0, 0.05) is 11.6 Å². The standard InChI is InChI=1S/C18H25NO7/c1-5-25-16(21)18(17(22)26-6-2)13-9-15(24-4)14(23-3)8-11(13)7-12(10-20)19-18/h8-9,12,19-20H,5-7,10H2,1-4H3/t12-/m0/s1. The molecule has 0 saturated heterocycles. The molecule has 0 spiro atoms. The maximum Gasteiger partial charge on any atom is 0.342 e. The first-order chi connectivity index (χ1) is 12.5. The molecule has 2 rings (SSSR count). The Morgan fingerprint density at radius 3 is 2.12 bits per heavy atom. The number of esters is 2. The summed E-state index contributed by atoms with van der Waals surface area (Å²) >= 11 is 0. The minimum atomic E-state index is -1.88. The molecule has 0 amide bonds. The normalized spacial score (nSPS) is 17.8. The summed E-state index contributed by atoms with van der Waals surface area (Å²) in [6.45, 7) is 3.22. The number of benzene rings is 1. The van der Waals surface area contributed by atoms with E-state index in [-0.39, 0.29) is 19.8 Å². The molecular formula is C18H25NO7. The van der Waals surface area contributed by atoms with E-state index < -0.39 is 23.5 Å². The van der Waals surface area contributed by atoms with E-state index in [1.807, 2.05) is 0 Å². The zero-order chi connectivity index (χ0) is 19.3. The Bertz CT molecular complexity index is 656. The fourth-order valence-electron chi connectivity index (χ4n) is 3.15. The summed E-state index contributed by atoms with van der Waals surface area (Å²) in [6.07, 6.45) is 0.396. The lowest BCUT2D eigenvalue weighted by atomic mass is 9.79. The molecule has 0 saturated carbocycles. The molecule has 0 aliphatic carbocycles. The van der Waals surface area contributed by atoms with Crippen LogP contribution in [0, 0.1) is 0 Å². The fourth-order valence-corrected chi connectivity index (χ4v) is 3.15. The summed E-state index contributed by atoms with van der Waals surface area (Å²) < 4.78 is 21.0. The van der Waals surface area contributed by atoms with Crippen molar-refractivity contribution in [1.82, 2.24) is 5.32 Å². The lowest BCUT2D eigenvalue weighted by Crippen LogP contribution is -2.63. The van der Waals surface area contributed by atoms with Crippen molar-refractivity contribution in [3.8, 4) is 11.5 Å². The van der Waals surface area contributed by atoms with Gasteiger partial charge in [0.25, 0.3) is 0 Å². The molecule has 0 fully saturated rings. The van der Waals surface area contributed by atoms with Gasteiger partial charge in [-0.2, -0.15) is 0 Å². The predicted octanol–water partition coefficient (Wildman–Crippen LogP) is 0.532. The number of carbonyl (C=O) groups excluding carboxylic acids is 2. The van der Waals surface area contributed by atoms with Crippen LogP contribution in [0.2, 0.25) is 0 Å². The number of rotatable bonds is 7. The van der Waals surface area contributed by atoms with E-state index in [2.05, 4.69) is 5.32 Å². The summed E-state index contributed by atoms with van der Waals surface area (Å²) in [5.74, 6) is -0.741. The molecule has 1 atom stereocenters. The first-order valence-electron chi connectivity index (χ1n) is 8.46. The number of aliphatic hydroxyl groups is 1. The van der Waals surface area contributed by atoms with Crippen LogP contribution in [0.5, 0.6) is 11.5 Å². The highest BCUT2D eigenvalue weighted by Crippen LogP contribution is 2.40. The number of fused-ring (bicyclic) bond motifs is 1. The quantitative estimate of drug-likeness (QED) is 0.531. The number of nitrogens with one attached hydrogen (secondary N) is 1. The Balaban J connectivity index is 2.74. The molecule has 8 nitrogen and oxygen atoms in total. The van der Waals surface area contributed by atoms with Crippen LogP contribution in [0.3, 0.4) is 0 Å². The number of aliphatic hydroxyl groups excluding tert-OH is 1. The average Bonchev–Trinajstić information content (AvgIpc) is 2.65. The van der Waals surface area contributed by atoms with Gasteiger partial charge >= 0.3 is 11.9 Å². The van der Waals surface area contributed by atoms with E-state index in [0.717, 1.165) is 0 Å². The fraction of sp³-hybridized carbons (Fsp3) is 0.556. The largest absolute Gasteiger partial charge is 0.493 e. The van der Waals surface area contributed by atoms with Crippen LogP contribution in [0.4, 0.5) is 0 Å². The molecule has 2 N–H and O–H groups in total. The zero-order valence-corrected chi connectivity index (χ0v) is 15.5. The van der Waals surface area contributed by atoms with Gasteiger partial charge in [-0.25, -0.2) is 9.59 Å². The first kappa shape index (κ1) is 20.0. The third-order valence-electron chi connectivity index (χ3n) is 4.28. The van der Waals surface area contributed by atoms with E-state index in [1.165, 1.54) is 14.2 Å². The van der Waals surface area contributed by atoms with Gasteiger partial charge in [0.05, 0.1) is 34.0 Å². The van der Waals surface area contributed by atoms with Crippen LogP contribution < -0.4 is 14.8 Å². The molecule has 1 aromatic carbocycles. The van der Waals surface area contributed by atoms with E-state index in [1.54, 1.807) is 26.0 Å². The first-order valence-corrected chi connectivity index (χ1v) is 8.46. The van der Waals surface area contributed by atoms with Crippen molar-refractivity contribution >= 4 is 11.9 Å². The Morgan fingerprint density at radius 1 is 1.12 bits per heavy atom. The van der Waals surface area contributed by atoms with E-state index in [4.69, 9.17) is 18.9 Å². The molecule has 1 aromatic rings. The van der Waals surface area contributed by atoms with Gasteiger partial charge in [-0.15, -0.1) is 0 Å². The van der Waals surface area contributed by atoms with Gasteiger partial charge in [-0.1, -0.05) is 0 Å². The van der Waals surface area contributed by atoms with Crippen LogP contribution in [-0.2, 0) is 31.0 Å². The van der Waals surface area contributed by atoms with E-state index >= 15 is 0 Å². The topological polar surface area (TPSA) is 103 Å². The van der Waals surface area contributed by atoms with Crippen LogP contribution in [0.1, 0.15) is 25.0 Å². The Labute approximate surface area is 152 Å². The predicted molar refractivity (Wildman–Crippen MR) is 92.2 cm³/mol. The lowest BCUT2D eigenvalue weighted by Gasteiger charge is -2.39. The van der Waals surface area contributed by atoms with Gasteiger partial charge in [0.15, 0.2) is 11.5 Å². The Kier molecular flexibility index (Phi) is 6.44. The van der Waals surface area contributed by atoms with Gasteiger partial charge in [-0.3, -0.25) is 5.32 Å². The maximum absolute atomic E-state index is 12.9. The number of ether oxygens (including phenoxy) is 4. The molecule has 0 bridgehead atoms. The molecule has 1 aliphatic rings. The van der Waals surface area contributed by atoms with E-state index in [0.29, 0.717) is 29.0 Å². The third kappa shape index (κ3) is 3.34. The highest BCUT2D eigenvalue weighted by Gasteiger charge is 2.55. The molecule has 0 aromatic heterocycles. The smallest absolute Gasteiger partial charge is 0.342 e. The summed E-state index contributed by atoms with van der Waals surface area (Å²) in [6, 6.07) is 2.74. The molecule has 8 heteroatoms. The van der Waals surface area contributed by atoms with E-state index in [9.17, 15) is 14.7 Å². The van der Waals surface area contributed by atoms with Gasteiger partial charge in [0.1, 0.15) is 0 Å². The monoisotopic (exact) mass is 367 g/mol. The van der Waals surface area contributed by atoms with Crippen LogP contribution in [-0.4, -0.2) is 57.1 Å². The number of hydrogen-bond acceptors (Lipinski definition) is 8. The second-order valence-corrected chi connectivity index (χ2v) is 5.78. The van der Waals surface area contributed by atoms with Gasteiger partial charge in [-0.05, 0) is 38.0 Å². The average molecular weight is 367 g/mol. The van der Waals surface area contributed by atoms with Crippen molar-refractivity contribution in [2.45, 2.75) is 31.8 Å². The third-order valence-corrected chi connectivity index (χ3v) is 4.28. The minimum absolute atomic E-state index is 0.0914. The second kappa shape index (κ2) is 8.37. The highest BCUT2D eigenvalue weighted by atomic mass is 16.6. The molecule has 0 unspecified atom stereocenters. The molecule has 144 valence electrons. The van der Waals surface area contributed by atoms with Crippen molar-refractivity contribution < 1.29 is 33.6 Å².